The maximum Gasteiger partial charge on any atom is 0.279 e. The fourth-order valence-corrected chi connectivity index (χ4v) is 5.13. The Morgan fingerprint density at radius 1 is 1.13 bits per heavy atom. The van der Waals surface area contributed by atoms with Crippen LogP contribution >= 0.6 is 11.3 Å². The number of terminal acetylenes is 1. The molecular formula is C23H24N2O3S2. The third-order valence-corrected chi connectivity index (χ3v) is 8.08. The van der Waals surface area contributed by atoms with Crippen LogP contribution < -0.4 is 4.80 Å². The van der Waals surface area contributed by atoms with Crippen molar-refractivity contribution in [2.75, 3.05) is 0 Å². The van der Waals surface area contributed by atoms with Crippen molar-refractivity contribution < 1.29 is 13.2 Å². The second-order valence-corrected chi connectivity index (χ2v) is 11.1. The summed E-state index contributed by atoms with van der Waals surface area (Å²) in [5, 5.41) is -0.527. The molecule has 0 saturated carbocycles. The van der Waals surface area contributed by atoms with E-state index in [0.29, 0.717) is 22.8 Å². The average Bonchev–Trinajstić information content (AvgIpc) is 3.04. The van der Waals surface area contributed by atoms with Crippen LogP contribution in [-0.2, 0) is 16.4 Å². The normalized spacial score (nSPS) is 12.6. The Labute approximate surface area is 181 Å². The summed E-state index contributed by atoms with van der Waals surface area (Å²) in [4.78, 5) is 17.7. The number of rotatable bonds is 5. The van der Waals surface area contributed by atoms with E-state index < -0.39 is 21.0 Å². The van der Waals surface area contributed by atoms with Crippen molar-refractivity contribution in [1.82, 2.24) is 4.57 Å². The number of nitrogens with zero attached hydrogens (tertiary/aromatic N) is 2. The third-order valence-electron chi connectivity index (χ3n) is 4.87. The maximum atomic E-state index is 12.7. The summed E-state index contributed by atoms with van der Waals surface area (Å²) in [7, 11) is -3.39. The van der Waals surface area contributed by atoms with Crippen LogP contribution in [0.3, 0.4) is 0 Å². The van der Waals surface area contributed by atoms with Crippen LogP contribution in [0.4, 0.5) is 0 Å². The van der Waals surface area contributed by atoms with Crippen LogP contribution in [0.2, 0.25) is 0 Å². The Morgan fingerprint density at radius 3 is 2.37 bits per heavy atom. The lowest BCUT2D eigenvalue weighted by Gasteiger charge is -2.07. The number of amides is 1. The zero-order valence-electron chi connectivity index (χ0n) is 17.4. The summed E-state index contributed by atoms with van der Waals surface area (Å²) in [6.45, 7) is 7.81. The average molecular weight is 441 g/mol. The van der Waals surface area contributed by atoms with Crippen LogP contribution in [0.5, 0.6) is 0 Å². The van der Waals surface area contributed by atoms with Gasteiger partial charge in [0.2, 0.25) is 0 Å². The molecule has 0 radical (unpaired) electrons. The van der Waals surface area contributed by atoms with E-state index in [9.17, 15) is 13.2 Å². The molecule has 1 heterocycles. The molecule has 0 aliphatic carbocycles. The van der Waals surface area contributed by atoms with Gasteiger partial charge in [0.1, 0.15) is 0 Å². The third kappa shape index (κ3) is 4.25. The van der Waals surface area contributed by atoms with Crippen molar-refractivity contribution in [2.24, 2.45) is 4.99 Å². The number of carbonyl (C=O) groups excluding carboxylic acids is 1. The second-order valence-electron chi connectivity index (χ2n) is 7.59. The summed E-state index contributed by atoms with van der Waals surface area (Å²) >= 11 is 1.41. The zero-order valence-corrected chi connectivity index (χ0v) is 19.0. The standard InChI is InChI=1S/C23H24N2O3S2/c1-6-13-25-20-12-9-18(15(2)3)14-21(20)29-23(25)24-22(26)17-7-10-19(11-8-17)30(27,28)16(4)5/h1,7-12,14-16H,13H2,2-5H3. The van der Waals surface area contributed by atoms with E-state index in [1.54, 1.807) is 13.8 Å². The topological polar surface area (TPSA) is 68.5 Å². The number of aromatic nitrogens is 1. The molecule has 0 aliphatic heterocycles. The van der Waals surface area contributed by atoms with Gasteiger partial charge in [0, 0.05) is 5.56 Å². The fraction of sp³-hybridized carbons (Fsp3) is 0.304. The molecule has 5 nitrogen and oxygen atoms in total. The molecule has 3 rings (SSSR count). The fourth-order valence-electron chi connectivity index (χ4n) is 2.99. The van der Waals surface area contributed by atoms with Gasteiger partial charge in [-0.25, -0.2) is 8.42 Å². The van der Waals surface area contributed by atoms with E-state index in [1.807, 2.05) is 10.6 Å². The van der Waals surface area contributed by atoms with Gasteiger partial charge in [0.15, 0.2) is 14.6 Å². The van der Waals surface area contributed by atoms with E-state index in [1.165, 1.54) is 41.2 Å². The highest BCUT2D eigenvalue weighted by Crippen LogP contribution is 2.24. The van der Waals surface area contributed by atoms with Crippen molar-refractivity contribution in [3.8, 4) is 12.3 Å². The summed E-state index contributed by atoms with van der Waals surface area (Å²) < 4.78 is 27.4. The Hall–Kier alpha value is -2.69. The van der Waals surface area contributed by atoms with Crippen molar-refractivity contribution in [2.45, 2.75) is 50.3 Å². The molecule has 0 atom stereocenters. The predicted molar refractivity (Wildman–Crippen MR) is 121 cm³/mol. The van der Waals surface area contributed by atoms with Crippen LogP contribution in [0.25, 0.3) is 10.2 Å². The maximum absolute atomic E-state index is 12.7. The largest absolute Gasteiger partial charge is 0.305 e. The van der Waals surface area contributed by atoms with Gasteiger partial charge in [-0.1, -0.05) is 37.2 Å². The smallest absolute Gasteiger partial charge is 0.279 e. The zero-order chi connectivity index (χ0) is 22.1. The predicted octanol–water partition coefficient (Wildman–Crippen LogP) is 4.38. The molecular weight excluding hydrogens is 416 g/mol. The number of fused-ring (bicyclic) bond motifs is 1. The molecule has 0 fully saturated rings. The molecule has 2 aromatic carbocycles. The lowest BCUT2D eigenvalue weighted by atomic mass is 10.0. The summed E-state index contributed by atoms with van der Waals surface area (Å²) in [6.07, 6.45) is 5.53. The van der Waals surface area contributed by atoms with Crippen molar-refractivity contribution in [1.29, 1.82) is 0 Å². The SMILES string of the molecule is C#CCn1c(=NC(=O)c2ccc(S(=O)(=O)C(C)C)cc2)sc2cc(C(C)C)ccc21. The minimum Gasteiger partial charge on any atom is -0.305 e. The first-order valence-corrected chi connectivity index (χ1v) is 12.0. The van der Waals surface area contributed by atoms with Gasteiger partial charge in [0.05, 0.1) is 26.9 Å². The van der Waals surface area contributed by atoms with E-state index in [-0.39, 0.29) is 4.90 Å². The van der Waals surface area contributed by atoms with Crippen LogP contribution in [0, 0.1) is 12.3 Å². The van der Waals surface area contributed by atoms with Gasteiger partial charge in [-0.05, 0) is 61.7 Å². The minimum atomic E-state index is -3.39. The Morgan fingerprint density at radius 2 is 1.80 bits per heavy atom. The van der Waals surface area contributed by atoms with Gasteiger partial charge >= 0.3 is 0 Å². The van der Waals surface area contributed by atoms with Gasteiger partial charge in [-0.3, -0.25) is 4.79 Å². The van der Waals surface area contributed by atoms with Crippen LogP contribution in [0.15, 0.2) is 52.4 Å². The van der Waals surface area contributed by atoms with Crippen molar-refractivity contribution >= 4 is 37.3 Å². The molecule has 0 saturated heterocycles. The lowest BCUT2D eigenvalue weighted by molar-refractivity contribution is 0.0998. The minimum absolute atomic E-state index is 0.194. The van der Waals surface area contributed by atoms with Gasteiger partial charge in [-0.2, -0.15) is 4.99 Å². The van der Waals surface area contributed by atoms with E-state index in [0.717, 1.165) is 10.2 Å². The number of benzene rings is 2. The Balaban J connectivity index is 2.04. The monoisotopic (exact) mass is 440 g/mol. The van der Waals surface area contributed by atoms with E-state index >= 15 is 0 Å². The molecule has 0 bridgehead atoms. The first-order valence-electron chi connectivity index (χ1n) is 9.65. The molecule has 30 heavy (non-hydrogen) atoms. The van der Waals surface area contributed by atoms with E-state index in [2.05, 4.69) is 36.9 Å². The Kier molecular flexibility index (Phi) is 6.30. The summed E-state index contributed by atoms with van der Waals surface area (Å²) in [5.74, 6) is 2.57. The van der Waals surface area contributed by atoms with Crippen molar-refractivity contribution in [3.63, 3.8) is 0 Å². The highest BCUT2D eigenvalue weighted by atomic mass is 32.2. The highest BCUT2D eigenvalue weighted by Gasteiger charge is 2.19. The molecule has 1 amide bonds. The van der Waals surface area contributed by atoms with Gasteiger partial charge in [-0.15, -0.1) is 6.42 Å². The molecule has 0 spiro atoms. The summed E-state index contributed by atoms with van der Waals surface area (Å²) in [6, 6.07) is 12.1. The molecule has 156 valence electrons. The van der Waals surface area contributed by atoms with Gasteiger partial charge in [0.25, 0.3) is 5.91 Å². The van der Waals surface area contributed by atoms with Crippen LogP contribution in [0.1, 0.15) is 49.5 Å². The lowest BCUT2D eigenvalue weighted by Crippen LogP contribution is -2.17. The molecule has 3 aromatic rings. The second kappa shape index (κ2) is 8.58. The number of hydrogen-bond donors (Lipinski definition) is 0. The van der Waals surface area contributed by atoms with Crippen LogP contribution in [-0.4, -0.2) is 24.1 Å². The quantitative estimate of drug-likeness (QED) is 0.553. The first-order chi connectivity index (χ1) is 14.1. The van der Waals surface area contributed by atoms with Crippen molar-refractivity contribution in [3.05, 3.63) is 58.4 Å². The number of carbonyl (C=O) groups is 1. The molecule has 0 N–H and O–H groups in total. The highest BCUT2D eigenvalue weighted by molar-refractivity contribution is 7.92. The number of thiazole rings is 1. The summed E-state index contributed by atoms with van der Waals surface area (Å²) in [5.41, 5.74) is 2.47. The molecule has 1 aromatic heterocycles. The Bertz CT molecular complexity index is 1300. The number of hydrogen-bond acceptors (Lipinski definition) is 4. The molecule has 7 heteroatoms. The first kappa shape index (κ1) is 22.0. The van der Waals surface area contributed by atoms with E-state index in [4.69, 9.17) is 6.42 Å². The molecule has 0 unspecified atom stereocenters. The number of sulfone groups is 1. The molecule has 0 aliphatic rings. The van der Waals surface area contributed by atoms with Gasteiger partial charge < -0.3 is 4.57 Å².